The van der Waals surface area contributed by atoms with Gasteiger partial charge in [0.05, 0.1) is 18.2 Å². The van der Waals surface area contributed by atoms with Gasteiger partial charge in [-0.2, -0.15) is 0 Å². The molecule has 2 heterocycles. The molecule has 2 aromatic carbocycles. The molecule has 0 saturated carbocycles. The minimum absolute atomic E-state index is 0.145. The van der Waals surface area contributed by atoms with Gasteiger partial charge in [0.1, 0.15) is 17.5 Å². The van der Waals surface area contributed by atoms with Gasteiger partial charge in [-0.15, -0.1) is 0 Å². The lowest BCUT2D eigenvalue weighted by Gasteiger charge is -2.09. The Morgan fingerprint density at radius 3 is 2.12 bits per heavy atom. The highest BCUT2D eigenvalue weighted by molar-refractivity contribution is 6.34. The number of para-hydroxylation sites is 1. The number of hydrogen-bond acceptors (Lipinski definition) is 5. The lowest BCUT2D eigenvalue weighted by molar-refractivity contribution is 0.171. The van der Waals surface area contributed by atoms with E-state index in [1.807, 2.05) is 74.5 Å². The van der Waals surface area contributed by atoms with Crippen molar-refractivity contribution in [2.24, 2.45) is 0 Å². The molecule has 6 nitrogen and oxygen atoms in total. The molecule has 0 fully saturated rings. The van der Waals surface area contributed by atoms with E-state index in [-0.39, 0.29) is 11.8 Å². The van der Waals surface area contributed by atoms with Gasteiger partial charge in [-0.05, 0) is 18.2 Å². The maximum atomic E-state index is 12.5. The second-order valence-electron chi connectivity index (χ2n) is 6.69. The third-order valence-electron chi connectivity index (χ3n) is 4.21. The molecule has 174 valence electrons. The highest BCUT2D eigenvalue weighted by atomic mass is 35.5. The molecule has 33 heavy (non-hydrogen) atoms. The van der Waals surface area contributed by atoms with Gasteiger partial charge >= 0.3 is 6.09 Å². The number of halogens is 1. The summed E-state index contributed by atoms with van der Waals surface area (Å²) in [6.45, 7) is 8.40. The molecule has 0 saturated heterocycles. The summed E-state index contributed by atoms with van der Waals surface area (Å²) in [6, 6.07) is 20.5. The van der Waals surface area contributed by atoms with Gasteiger partial charge in [0, 0.05) is 5.56 Å². The molecule has 2 aromatic heterocycles. The van der Waals surface area contributed by atoms with E-state index in [1.54, 1.807) is 6.07 Å². The number of hydrogen-bond donors (Lipinski definition) is 0. The van der Waals surface area contributed by atoms with E-state index in [2.05, 4.69) is 23.8 Å². The molecule has 0 aliphatic rings. The fourth-order valence-electron chi connectivity index (χ4n) is 2.88. The molecule has 0 atom stereocenters. The number of nitrogens with zero attached hydrogens (tertiary/aromatic N) is 3. The summed E-state index contributed by atoms with van der Waals surface area (Å²) in [6.07, 6.45) is 0.676. The summed E-state index contributed by atoms with van der Waals surface area (Å²) in [4.78, 5) is 21.4. The van der Waals surface area contributed by atoms with Crippen LogP contribution in [0.5, 0.6) is 5.75 Å². The fourth-order valence-corrected chi connectivity index (χ4v) is 3.10. The molecule has 7 heteroatoms. The van der Waals surface area contributed by atoms with Crippen molar-refractivity contribution in [3.8, 4) is 17.1 Å². The Hall–Kier alpha value is -3.38. The van der Waals surface area contributed by atoms with Crippen LogP contribution in [0, 0.1) is 0 Å². The number of rotatable bonds is 4. The average molecular weight is 468 g/mol. The summed E-state index contributed by atoms with van der Waals surface area (Å²) in [5.74, 6) is 1.11. The molecule has 0 unspecified atom stereocenters. The van der Waals surface area contributed by atoms with Gasteiger partial charge < -0.3 is 9.47 Å². The van der Waals surface area contributed by atoms with Crippen molar-refractivity contribution < 1.29 is 14.3 Å². The number of benzene rings is 2. The first kappa shape index (κ1) is 25.9. The van der Waals surface area contributed by atoms with Crippen molar-refractivity contribution in [3.63, 3.8) is 0 Å². The zero-order valence-electron chi connectivity index (χ0n) is 19.7. The number of carbonyl (C=O) groups is 1. The number of aromatic nitrogens is 3. The SMILES string of the molecule is CC.CCC.COC(=O)n1c(COc2ccccc2)cc2c(Cl)nc(-c3ccccc3)nc21. The van der Waals surface area contributed by atoms with Gasteiger partial charge in [0.15, 0.2) is 11.5 Å². The lowest BCUT2D eigenvalue weighted by Crippen LogP contribution is -2.16. The van der Waals surface area contributed by atoms with Crippen LogP contribution < -0.4 is 4.74 Å². The maximum absolute atomic E-state index is 12.5. The van der Waals surface area contributed by atoms with E-state index in [0.717, 1.165) is 5.56 Å². The fraction of sp³-hybridized carbons (Fsp3) is 0.269. The summed E-state index contributed by atoms with van der Waals surface area (Å²) in [7, 11) is 1.32. The smallest absolute Gasteiger partial charge is 0.419 e. The van der Waals surface area contributed by atoms with Crippen LogP contribution in [0.2, 0.25) is 5.15 Å². The number of carbonyl (C=O) groups excluding carboxylic acids is 1. The van der Waals surface area contributed by atoms with Crippen molar-refractivity contribution >= 4 is 28.7 Å². The Morgan fingerprint density at radius 2 is 1.55 bits per heavy atom. The van der Waals surface area contributed by atoms with Crippen LogP contribution in [0.15, 0.2) is 66.7 Å². The predicted molar refractivity (Wildman–Crippen MR) is 134 cm³/mol. The zero-order valence-corrected chi connectivity index (χ0v) is 20.5. The van der Waals surface area contributed by atoms with Gasteiger partial charge in [0.2, 0.25) is 0 Å². The normalized spacial score (nSPS) is 9.88. The van der Waals surface area contributed by atoms with Gasteiger partial charge in [-0.1, -0.05) is 94.2 Å². The number of methoxy groups -OCH3 is 1. The number of fused-ring (bicyclic) bond motifs is 1. The van der Waals surface area contributed by atoms with E-state index in [4.69, 9.17) is 21.1 Å². The van der Waals surface area contributed by atoms with Crippen LogP contribution in [0.25, 0.3) is 22.4 Å². The summed E-state index contributed by atoms with van der Waals surface area (Å²) in [5.41, 5.74) is 1.73. The second-order valence-corrected chi connectivity index (χ2v) is 7.05. The third-order valence-corrected chi connectivity index (χ3v) is 4.50. The van der Waals surface area contributed by atoms with Gasteiger partial charge in [0.25, 0.3) is 0 Å². The molecule has 0 bridgehead atoms. The molecule has 4 rings (SSSR count). The topological polar surface area (TPSA) is 66.2 Å². The minimum Gasteiger partial charge on any atom is -0.487 e. The predicted octanol–water partition coefficient (Wildman–Crippen LogP) is 7.39. The van der Waals surface area contributed by atoms with E-state index >= 15 is 0 Å². The first-order valence-electron chi connectivity index (χ1n) is 11.0. The van der Waals surface area contributed by atoms with Crippen molar-refractivity contribution in [2.75, 3.05) is 7.11 Å². The molecule has 0 radical (unpaired) electrons. The van der Waals surface area contributed by atoms with Crippen molar-refractivity contribution in [1.82, 2.24) is 14.5 Å². The van der Waals surface area contributed by atoms with E-state index in [9.17, 15) is 4.79 Å². The van der Waals surface area contributed by atoms with Crippen molar-refractivity contribution in [3.05, 3.63) is 77.6 Å². The Morgan fingerprint density at radius 1 is 0.970 bits per heavy atom. The zero-order chi connectivity index (χ0) is 24.2. The Balaban J connectivity index is 0.000000714. The Labute approximate surface area is 200 Å². The first-order chi connectivity index (χ1) is 16.1. The van der Waals surface area contributed by atoms with Crippen LogP contribution in [0.4, 0.5) is 4.79 Å². The van der Waals surface area contributed by atoms with Crippen LogP contribution in [-0.2, 0) is 11.3 Å². The Kier molecular flexibility index (Phi) is 10.4. The first-order valence-corrected chi connectivity index (χ1v) is 11.4. The molecule has 0 aliphatic carbocycles. The van der Waals surface area contributed by atoms with E-state index in [0.29, 0.717) is 28.3 Å². The van der Waals surface area contributed by atoms with Crippen LogP contribution in [-0.4, -0.2) is 27.7 Å². The average Bonchev–Trinajstić information content (AvgIpc) is 3.24. The largest absolute Gasteiger partial charge is 0.487 e. The number of ether oxygens (including phenoxy) is 2. The van der Waals surface area contributed by atoms with E-state index < -0.39 is 6.09 Å². The van der Waals surface area contributed by atoms with Crippen molar-refractivity contribution in [1.29, 1.82) is 0 Å². The molecule has 0 aliphatic heterocycles. The van der Waals surface area contributed by atoms with Crippen LogP contribution >= 0.6 is 11.6 Å². The summed E-state index contributed by atoms with van der Waals surface area (Å²) >= 11 is 6.41. The lowest BCUT2D eigenvalue weighted by atomic mass is 10.2. The summed E-state index contributed by atoms with van der Waals surface area (Å²) in [5, 5.41) is 0.811. The maximum Gasteiger partial charge on any atom is 0.419 e. The quantitative estimate of drug-likeness (QED) is 0.293. The van der Waals surface area contributed by atoms with Crippen LogP contribution in [0.1, 0.15) is 39.8 Å². The summed E-state index contributed by atoms with van der Waals surface area (Å²) < 4.78 is 12.1. The highest BCUT2D eigenvalue weighted by Gasteiger charge is 2.21. The molecule has 4 aromatic rings. The molecule has 0 N–H and O–H groups in total. The van der Waals surface area contributed by atoms with Gasteiger partial charge in [-0.3, -0.25) is 0 Å². The molecular formula is C26H30ClN3O3. The second kappa shape index (κ2) is 13.2. The molecule has 0 spiro atoms. The minimum atomic E-state index is -0.574. The monoisotopic (exact) mass is 467 g/mol. The standard InChI is InChI=1S/C21H16ClN3O3.C3H8.C2H6/c1-27-21(26)25-15(13-28-16-10-6-3-7-11-16)12-17-18(22)23-19(24-20(17)25)14-8-4-2-5-9-14;1-3-2;1-2/h2-12H,13H2,1H3;3H2,1-2H3;1-2H3. The van der Waals surface area contributed by atoms with Gasteiger partial charge in [-0.25, -0.2) is 19.3 Å². The van der Waals surface area contributed by atoms with Crippen molar-refractivity contribution in [2.45, 2.75) is 40.7 Å². The highest BCUT2D eigenvalue weighted by Crippen LogP contribution is 2.28. The molecule has 0 amide bonds. The molecular weight excluding hydrogens is 438 g/mol. The third kappa shape index (κ3) is 6.56. The Bertz CT molecular complexity index is 1150. The van der Waals surface area contributed by atoms with Crippen LogP contribution in [0.3, 0.4) is 0 Å². The van der Waals surface area contributed by atoms with E-state index in [1.165, 1.54) is 18.1 Å².